The van der Waals surface area contributed by atoms with Crippen molar-refractivity contribution in [2.45, 2.75) is 32.7 Å². The van der Waals surface area contributed by atoms with E-state index >= 15 is 0 Å². The van der Waals surface area contributed by atoms with Crippen molar-refractivity contribution < 1.29 is 8.78 Å². The lowest BCUT2D eigenvalue weighted by atomic mass is 9.99. The van der Waals surface area contributed by atoms with Crippen molar-refractivity contribution in [2.24, 2.45) is 0 Å². The molecule has 1 aromatic carbocycles. The molecule has 0 aliphatic carbocycles. The van der Waals surface area contributed by atoms with Gasteiger partial charge in [-0.15, -0.1) is 0 Å². The van der Waals surface area contributed by atoms with Crippen LogP contribution in [0.4, 0.5) is 8.78 Å². The normalized spacial score (nSPS) is 12.4. The van der Waals surface area contributed by atoms with E-state index in [2.05, 4.69) is 17.2 Å². The first-order valence-corrected chi connectivity index (χ1v) is 7.19. The summed E-state index contributed by atoms with van der Waals surface area (Å²) in [6.45, 7) is 4.86. The number of aromatic nitrogens is 1. The molecule has 2 nitrogen and oxygen atoms in total. The largest absolute Gasteiger partial charge is 0.310 e. The molecular formula is C17H20F2N2. The molecule has 0 saturated heterocycles. The van der Waals surface area contributed by atoms with Crippen LogP contribution < -0.4 is 5.32 Å². The first-order valence-electron chi connectivity index (χ1n) is 7.19. The number of hydrogen-bond acceptors (Lipinski definition) is 2. The fraction of sp³-hybridized carbons (Fsp3) is 0.353. The highest BCUT2D eigenvalue weighted by molar-refractivity contribution is 5.24. The molecule has 1 N–H and O–H groups in total. The molecule has 2 aromatic rings. The van der Waals surface area contributed by atoms with Gasteiger partial charge in [-0.05, 0) is 55.6 Å². The summed E-state index contributed by atoms with van der Waals surface area (Å²) in [4.78, 5) is 4.30. The minimum Gasteiger partial charge on any atom is -0.310 e. The minimum atomic E-state index is -0.540. The van der Waals surface area contributed by atoms with Crippen LogP contribution in [-0.4, -0.2) is 11.5 Å². The molecule has 4 heteroatoms. The number of hydrogen-bond donors (Lipinski definition) is 1. The number of rotatable bonds is 6. The van der Waals surface area contributed by atoms with Crippen molar-refractivity contribution in [1.29, 1.82) is 0 Å². The van der Waals surface area contributed by atoms with Gasteiger partial charge in [0.2, 0.25) is 0 Å². The van der Waals surface area contributed by atoms with Gasteiger partial charge in [-0.2, -0.15) is 0 Å². The maximum Gasteiger partial charge on any atom is 0.126 e. The number of nitrogens with one attached hydrogen (secondary N) is 1. The summed E-state index contributed by atoms with van der Waals surface area (Å²) >= 11 is 0. The highest BCUT2D eigenvalue weighted by Crippen LogP contribution is 2.19. The Hall–Kier alpha value is -1.81. The molecule has 0 aliphatic rings. The lowest BCUT2D eigenvalue weighted by Gasteiger charge is -2.19. The maximum absolute atomic E-state index is 13.3. The molecule has 0 aliphatic heterocycles. The van der Waals surface area contributed by atoms with Crippen LogP contribution in [0.2, 0.25) is 0 Å². The molecular weight excluding hydrogens is 270 g/mol. The van der Waals surface area contributed by atoms with Crippen LogP contribution in [0.25, 0.3) is 0 Å². The first-order chi connectivity index (χ1) is 10.1. The highest BCUT2D eigenvalue weighted by atomic mass is 19.1. The Balaban J connectivity index is 2.21. The van der Waals surface area contributed by atoms with Crippen molar-refractivity contribution in [1.82, 2.24) is 10.3 Å². The van der Waals surface area contributed by atoms with Gasteiger partial charge in [0.1, 0.15) is 11.6 Å². The van der Waals surface area contributed by atoms with Crippen molar-refractivity contribution in [3.05, 3.63) is 65.0 Å². The van der Waals surface area contributed by atoms with Crippen molar-refractivity contribution in [2.75, 3.05) is 6.54 Å². The zero-order chi connectivity index (χ0) is 15.2. The number of aryl methyl sites for hydroxylation is 1. The van der Waals surface area contributed by atoms with E-state index in [9.17, 15) is 8.78 Å². The monoisotopic (exact) mass is 290 g/mol. The summed E-state index contributed by atoms with van der Waals surface area (Å²) in [6, 6.07) is 7.61. The maximum atomic E-state index is 13.3. The first kappa shape index (κ1) is 15.6. The summed E-state index contributed by atoms with van der Waals surface area (Å²) in [5.41, 5.74) is 2.62. The number of halogens is 2. The number of pyridine rings is 1. The molecule has 112 valence electrons. The molecule has 2 rings (SSSR count). The molecule has 0 bridgehead atoms. The van der Waals surface area contributed by atoms with Crippen molar-refractivity contribution >= 4 is 0 Å². The molecule has 0 amide bonds. The fourth-order valence-electron chi connectivity index (χ4n) is 2.28. The van der Waals surface area contributed by atoms with E-state index in [1.54, 1.807) is 0 Å². The quantitative estimate of drug-likeness (QED) is 0.871. The highest BCUT2D eigenvalue weighted by Gasteiger charge is 2.13. The van der Waals surface area contributed by atoms with Gasteiger partial charge in [0.15, 0.2) is 0 Å². The second-order valence-electron chi connectivity index (χ2n) is 5.22. The second kappa shape index (κ2) is 7.27. The lowest BCUT2D eigenvalue weighted by molar-refractivity contribution is 0.521. The van der Waals surface area contributed by atoms with Crippen molar-refractivity contribution in [3.8, 4) is 0 Å². The third-order valence-electron chi connectivity index (χ3n) is 3.34. The summed E-state index contributed by atoms with van der Waals surface area (Å²) in [7, 11) is 0. The van der Waals surface area contributed by atoms with E-state index in [-0.39, 0.29) is 6.04 Å². The second-order valence-corrected chi connectivity index (χ2v) is 5.22. The lowest BCUT2D eigenvalue weighted by Crippen LogP contribution is -2.24. The van der Waals surface area contributed by atoms with Crippen molar-refractivity contribution in [3.63, 3.8) is 0 Å². The van der Waals surface area contributed by atoms with Gasteiger partial charge < -0.3 is 5.32 Å². The van der Waals surface area contributed by atoms with Gasteiger partial charge in [-0.25, -0.2) is 8.78 Å². The van der Waals surface area contributed by atoms with Gasteiger partial charge in [0, 0.05) is 24.0 Å². The molecule has 1 atom stereocenters. The molecule has 1 heterocycles. The van der Waals surface area contributed by atoms with Crippen LogP contribution in [0.5, 0.6) is 0 Å². The minimum absolute atomic E-state index is 0.000694. The predicted octanol–water partition coefficient (Wildman–Crippen LogP) is 3.95. The molecule has 0 fully saturated rings. The smallest absolute Gasteiger partial charge is 0.126 e. The number of benzene rings is 1. The molecule has 0 spiro atoms. The van der Waals surface area contributed by atoms with Crippen LogP contribution >= 0.6 is 0 Å². The summed E-state index contributed by atoms with van der Waals surface area (Å²) in [5, 5.41) is 3.41. The van der Waals surface area contributed by atoms with E-state index in [4.69, 9.17) is 0 Å². The molecule has 0 radical (unpaired) electrons. The molecule has 1 aromatic heterocycles. The van der Waals surface area contributed by atoms with Gasteiger partial charge in [0.25, 0.3) is 0 Å². The van der Waals surface area contributed by atoms with Gasteiger partial charge in [-0.3, -0.25) is 4.98 Å². The van der Waals surface area contributed by atoms with Gasteiger partial charge in [0.05, 0.1) is 0 Å². The summed E-state index contributed by atoms with van der Waals surface area (Å²) in [5.74, 6) is -1.08. The molecule has 1 unspecified atom stereocenters. The fourth-order valence-corrected chi connectivity index (χ4v) is 2.28. The Bertz CT molecular complexity index is 562. The standard InChI is InChI=1S/C17H20F2N2/c1-3-6-20-17(14-5-4-12(2)21-11-14)9-13-7-15(18)10-16(19)8-13/h4-5,7-8,10-11,17,20H,3,6,9H2,1-2H3. The Morgan fingerprint density at radius 1 is 1.14 bits per heavy atom. The Morgan fingerprint density at radius 2 is 1.86 bits per heavy atom. The average molecular weight is 290 g/mol. The molecule has 0 saturated carbocycles. The van der Waals surface area contributed by atoms with E-state index in [0.717, 1.165) is 30.3 Å². The van der Waals surface area contributed by atoms with Gasteiger partial charge in [-0.1, -0.05) is 13.0 Å². The number of nitrogens with zero attached hydrogens (tertiary/aromatic N) is 1. The Labute approximate surface area is 124 Å². The zero-order valence-electron chi connectivity index (χ0n) is 12.4. The van der Waals surface area contributed by atoms with E-state index in [1.807, 2.05) is 25.3 Å². The average Bonchev–Trinajstić information content (AvgIpc) is 2.43. The van der Waals surface area contributed by atoms with Crippen LogP contribution in [-0.2, 0) is 6.42 Å². The third-order valence-corrected chi connectivity index (χ3v) is 3.34. The zero-order valence-corrected chi connectivity index (χ0v) is 12.4. The van der Waals surface area contributed by atoms with Crippen LogP contribution in [0.3, 0.4) is 0 Å². The topological polar surface area (TPSA) is 24.9 Å². The predicted molar refractivity (Wildman–Crippen MR) is 80.1 cm³/mol. The van der Waals surface area contributed by atoms with E-state index < -0.39 is 11.6 Å². The Morgan fingerprint density at radius 3 is 2.43 bits per heavy atom. The van der Waals surface area contributed by atoms with Crippen LogP contribution in [0.15, 0.2) is 36.5 Å². The Kier molecular flexibility index (Phi) is 5.39. The van der Waals surface area contributed by atoms with Crippen LogP contribution in [0, 0.1) is 18.6 Å². The van der Waals surface area contributed by atoms with Crippen LogP contribution in [0.1, 0.15) is 36.2 Å². The summed E-state index contributed by atoms with van der Waals surface area (Å²) in [6.07, 6.45) is 3.34. The van der Waals surface area contributed by atoms with E-state index in [0.29, 0.717) is 12.0 Å². The van der Waals surface area contributed by atoms with Gasteiger partial charge >= 0.3 is 0 Å². The SMILES string of the molecule is CCCNC(Cc1cc(F)cc(F)c1)c1ccc(C)nc1. The van der Waals surface area contributed by atoms with E-state index in [1.165, 1.54) is 12.1 Å². The summed E-state index contributed by atoms with van der Waals surface area (Å²) < 4.78 is 26.6. The molecule has 21 heavy (non-hydrogen) atoms. The third kappa shape index (κ3) is 4.60.